The summed E-state index contributed by atoms with van der Waals surface area (Å²) in [5.41, 5.74) is 3.19. The van der Waals surface area contributed by atoms with Gasteiger partial charge in [-0.3, -0.25) is 14.9 Å². The van der Waals surface area contributed by atoms with Crippen molar-refractivity contribution in [2.24, 2.45) is 5.41 Å². The molecule has 10 nitrogen and oxygen atoms in total. The largest absolute Gasteiger partial charge is 0.395 e. The second-order valence-corrected chi connectivity index (χ2v) is 13.5. The molecule has 2 amide bonds. The number of aliphatic hydroxyl groups is 1. The van der Waals surface area contributed by atoms with Crippen LogP contribution in [0.25, 0.3) is 21.5 Å². The molecule has 1 saturated carbocycles. The molecule has 0 radical (unpaired) electrons. The van der Waals surface area contributed by atoms with Crippen molar-refractivity contribution in [2.45, 2.75) is 64.7 Å². The molecule has 6 rings (SSSR count). The molecular weight excluding hydrogens is 605 g/mol. The van der Waals surface area contributed by atoms with Gasteiger partial charge in [-0.2, -0.15) is 9.65 Å². The fourth-order valence-corrected chi connectivity index (χ4v) is 6.64. The number of carbonyl (C=O) groups excluding carboxylic acids is 2. The Morgan fingerprint density at radius 1 is 1.26 bits per heavy atom. The average molecular weight is 642 g/mol. The zero-order valence-corrected chi connectivity index (χ0v) is 26.6. The Kier molecular flexibility index (Phi) is 8.99. The Hall–Kier alpha value is -4.44. The number of nitrogens with zero attached hydrogens (tertiary/aromatic N) is 5. The number of aliphatic hydroxyl groups excluding tert-OH is 1. The molecule has 1 aromatic carbocycles. The highest BCUT2D eigenvalue weighted by Crippen LogP contribution is 2.47. The van der Waals surface area contributed by atoms with Gasteiger partial charge in [0.2, 0.25) is 11.9 Å². The maximum Gasteiger partial charge on any atom is 0.268 e. The van der Waals surface area contributed by atoms with E-state index in [0.29, 0.717) is 41.5 Å². The summed E-state index contributed by atoms with van der Waals surface area (Å²) in [6.45, 7) is 5.46. The summed E-state index contributed by atoms with van der Waals surface area (Å²) >= 11 is 1.24. The summed E-state index contributed by atoms with van der Waals surface area (Å²) in [4.78, 5) is 38.5. The Balaban J connectivity index is 1.29. The summed E-state index contributed by atoms with van der Waals surface area (Å²) < 4.78 is 15.6. The van der Waals surface area contributed by atoms with Gasteiger partial charge >= 0.3 is 0 Å². The van der Waals surface area contributed by atoms with Crippen LogP contribution in [-0.2, 0) is 17.9 Å². The van der Waals surface area contributed by atoms with Crippen LogP contribution < -0.4 is 10.6 Å². The lowest BCUT2D eigenvalue weighted by Gasteiger charge is -2.26. The quantitative estimate of drug-likeness (QED) is 0.115. The number of halogens is 1. The van der Waals surface area contributed by atoms with Crippen LogP contribution in [0.4, 0.5) is 10.3 Å². The van der Waals surface area contributed by atoms with E-state index in [-0.39, 0.29) is 41.5 Å². The van der Waals surface area contributed by atoms with Crippen LogP contribution in [0.15, 0.2) is 60.3 Å². The van der Waals surface area contributed by atoms with Gasteiger partial charge < -0.3 is 19.9 Å². The molecule has 0 spiro atoms. The number of rotatable bonds is 11. The van der Waals surface area contributed by atoms with Crippen molar-refractivity contribution >= 4 is 40.1 Å². The van der Waals surface area contributed by atoms with E-state index < -0.39 is 5.95 Å². The van der Waals surface area contributed by atoms with Crippen LogP contribution in [0.5, 0.6) is 0 Å². The number of nitriles is 1. The van der Waals surface area contributed by atoms with Gasteiger partial charge in [-0.15, -0.1) is 11.3 Å². The number of nitrogens with one attached hydrogen (secondary N) is 2. The molecule has 2 unspecified atom stereocenters. The summed E-state index contributed by atoms with van der Waals surface area (Å²) in [6, 6.07) is 14.2. The zero-order valence-electron chi connectivity index (χ0n) is 25.8. The molecule has 2 atom stereocenters. The van der Waals surface area contributed by atoms with Crippen LogP contribution in [0.3, 0.4) is 0 Å². The number of thiophene rings is 1. The summed E-state index contributed by atoms with van der Waals surface area (Å²) in [6.07, 6.45) is 6.73. The molecule has 46 heavy (non-hydrogen) atoms. The van der Waals surface area contributed by atoms with E-state index >= 15 is 0 Å². The Morgan fingerprint density at radius 2 is 2.09 bits per heavy atom. The molecule has 0 bridgehead atoms. The summed E-state index contributed by atoms with van der Waals surface area (Å²) in [5.74, 6) is -0.852. The van der Waals surface area contributed by atoms with E-state index in [2.05, 4.69) is 28.6 Å². The number of anilines is 1. The maximum atomic E-state index is 13.7. The molecule has 3 N–H and O–H groups in total. The van der Waals surface area contributed by atoms with Crippen molar-refractivity contribution in [2.75, 3.05) is 18.5 Å². The predicted octanol–water partition coefficient (Wildman–Crippen LogP) is 5.26. The van der Waals surface area contributed by atoms with Crippen molar-refractivity contribution in [3.8, 4) is 16.5 Å². The van der Waals surface area contributed by atoms with Crippen molar-refractivity contribution in [1.82, 2.24) is 24.8 Å². The molecular formula is C34H36FN7O3S. The van der Waals surface area contributed by atoms with Gasteiger partial charge in [0.05, 0.1) is 28.6 Å². The van der Waals surface area contributed by atoms with Crippen LogP contribution in [-0.4, -0.2) is 61.6 Å². The normalized spacial score (nSPS) is 18.0. The van der Waals surface area contributed by atoms with Gasteiger partial charge in [0.1, 0.15) is 11.6 Å². The van der Waals surface area contributed by atoms with E-state index in [0.717, 1.165) is 41.6 Å². The first-order valence-electron chi connectivity index (χ1n) is 15.5. The molecule has 4 aromatic rings. The van der Waals surface area contributed by atoms with Gasteiger partial charge in [-0.1, -0.05) is 19.1 Å². The number of hydrogen-bond donors (Lipinski definition) is 3. The molecule has 1 aliphatic heterocycles. The molecule has 4 heterocycles. The number of amides is 2. The first-order valence-corrected chi connectivity index (χ1v) is 16.3. The maximum absolute atomic E-state index is 13.7. The third kappa shape index (κ3) is 6.87. The fourth-order valence-electron chi connectivity index (χ4n) is 5.75. The number of fused-ring (bicyclic) bond motifs is 1. The van der Waals surface area contributed by atoms with Crippen molar-refractivity contribution < 1.29 is 19.1 Å². The molecule has 1 aliphatic carbocycles. The highest BCUT2D eigenvalue weighted by Gasteiger charge is 2.38. The smallest absolute Gasteiger partial charge is 0.268 e. The molecule has 12 heteroatoms. The highest BCUT2D eigenvalue weighted by atomic mass is 32.1. The van der Waals surface area contributed by atoms with Crippen molar-refractivity contribution in [3.63, 3.8) is 0 Å². The lowest BCUT2D eigenvalue weighted by atomic mass is 10.0. The number of likely N-dealkylation sites (tertiary alicyclic amines) is 1. The average Bonchev–Trinajstić information content (AvgIpc) is 3.42. The van der Waals surface area contributed by atoms with Gasteiger partial charge in [-0.05, 0) is 79.5 Å². The van der Waals surface area contributed by atoms with E-state index in [1.54, 1.807) is 23.1 Å². The van der Waals surface area contributed by atoms with E-state index in [1.165, 1.54) is 23.6 Å². The van der Waals surface area contributed by atoms with E-state index in [9.17, 15) is 24.3 Å². The second kappa shape index (κ2) is 13.1. The monoisotopic (exact) mass is 641 g/mol. The number of benzene rings is 1. The Labute approximate surface area is 270 Å². The first-order chi connectivity index (χ1) is 22.2. The Bertz CT molecular complexity index is 1850. The topological polar surface area (TPSA) is 136 Å². The first kappa shape index (κ1) is 31.5. The molecule has 2 fully saturated rings. The number of allylic oxidation sites excluding steroid dienone is 1. The van der Waals surface area contributed by atoms with Gasteiger partial charge in [-0.25, -0.2) is 9.97 Å². The number of hydrogen-bond acceptors (Lipinski definition) is 8. The van der Waals surface area contributed by atoms with Crippen LogP contribution in [0.2, 0.25) is 0 Å². The Morgan fingerprint density at radius 3 is 2.83 bits per heavy atom. The van der Waals surface area contributed by atoms with Crippen LogP contribution in [0.1, 0.15) is 54.8 Å². The number of aromatic nitrogens is 3. The third-order valence-corrected chi connectivity index (χ3v) is 9.85. The highest BCUT2D eigenvalue weighted by molar-refractivity contribution is 7.17. The van der Waals surface area contributed by atoms with E-state index in [1.807, 2.05) is 35.8 Å². The van der Waals surface area contributed by atoms with E-state index in [4.69, 9.17) is 4.98 Å². The third-order valence-electron chi connectivity index (χ3n) is 8.72. The predicted molar refractivity (Wildman–Crippen MR) is 174 cm³/mol. The molecule has 1 saturated heterocycles. The zero-order chi connectivity index (χ0) is 32.4. The summed E-state index contributed by atoms with van der Waals surface area (Å²) in [7, 11) is 0. The van der Waals surface area contributed by atoms with Crippen molar-refractivity contribution in [1.29, 1.82) is 5.26 Å². The van der Waals surface area contributed by atoms with Gasteiger partial charge in [0.15, 0.2) is 0 Å². The molecule has 2 aliphatic rings. The van der Waals surface area contributed by atoms with Crippen molar-refractivity contribution in [3.05, 3.63) is 76.7 Å². The molecule has 3 aromatic heterocycles. The lowest BCUT2D eigenvalue weighted by molar-refractivity contribution is -0.127. The number of imidazole rings is 1. The number of carbonyl (C=O) groups is 2. The minimum atomic E-state index is -0.593. The lowest BCUT2D eigenvalue weighted by Crippen LogP contribution is -2.39. The van der Waals surface area contributed by atoms with Crippen LogP contribution >= 0.6 is 11.3 Å². The SMILES string of the molecule is CC(CO)NCc1ccc2c(c1)nc(NC(=O)c1ccc(-c3ccnc(F)c3)s1)n2CC1CCCN1C(=O)C(C#N)=CC1(C)CC1. The number of pyridine rings is 1. The minimum Gasteiger partial charge on any atom is -0.395 e. The summed E-state index contributed by atoms with van der Waals surface area (Å²) in [5, 5.41) is 25.5. The van der Waals surface area contributed by atoms with Gasteiger partial charge in [0, 0.05) is 42.8 Å². The van der Waals surface area contributed by atoms with Crippen LogP contribution in [0, 0.1) is 22.7 Å². The standard InChI is InChI=1S/C34H36FN7O3S/c1-21(20-43)38-18-22-5-6-27-26(14-22)39-33(40-31(44)29-8-7-28(46-29)23-9-12-37-30(35)15-23)42(27)19-25-4-3-13-41(25)32(45)24(17-36)16-34(2)10-11-34/h5-9,12,14-16,21,25,38,43H,3-4,10-11,13,18-20H2,1-2H3,(H,39,40,44). The molecule has 238 valence electrons. The minimum absolute atomic E-state index is 0.0200. The fraction of sp³-hybridized carbons (Fsp3) is 0.382. The second-order valence-electron chi connectivity index (χ2n) is 12.4. The van der Waals surface area contributed by atoms with Gasteiger partial charge in [0.25, 0.3) is 11.8 Å².